The molecule has 0 aliphatic carbocycles. The van der Waals surface area contributed by atoms with Crippen molar-refractivity contribution < 1.29 is 14.7 Å². The smallest absolute Gasteiger partial charge is 0.276 e. The van der Waals surface area contributed by atoms with Crippen LogP contribution in [0.2, 0.25) is 0 Å². The van der Waals surface area contributed by atoms with E-state index < -0.39 is 11.8 Å². The highest BCUT2D eigenvalue weighted by atomic mass is 16.3. The molecule has 1 fully saturated rings. The number of aromatic hydroxyl groups is 1. The maximum atomic E-state index is 13.6. The fourth-order valence-electron chi connectivity index (χ4n) is 4.27. The number of pyridine rings is 1. The quantitative estimate of drug-likeness (QED) is 0.422. The van der Waals surface area contributed by atoms with Gasteiger partial charge in [0.25, 0.3) is 5.91 Å². The van der Waals surface area contributed by atoms with E-state index in [4.69, 9.17) is 5.73 Å². The zero-order valence-corrected chi connectivity index (χ0v) is 19.8. The number of hydrogen-bond acceptors (Lipinski definition) is 10. The van der Waals surface area contributed by atoms with Crippen LogP contribution in [0.5, 0.6) is 5.75 Å². The van der Waals surface area contributed by atoms with E-state index in [2.05, 4.69) is 25.3 Å². The van der Waals surface area contributed by atoms with Gasteiger partial charge in [-0.05, 0) is 13.3 Å². The van der Waals surface area contributed by atoms with Crippen molar-refractivity contribution in [2.24, 2.45) is 5.73 Å². The van der Waals surface area contributed by atoms with Gasteiger partial charge in [0.1, 0.15) is 24.4 Å². The van der Waals surface area contributed by atoms with Gasteiger partial charge < -0.3 is 30.5 Å². The van der Waals surface area contributed by atoms with Crippen LogP contribution >= 0.6 is 0 Å². The molecule has 3 aromatic heterocycles. The summed E-state index contributed by atoms with van der Waals surface area (Å²) in [4.78, 5) is 58.5. The van der Waals surface area contributed by atoms with Crippen LogP contribution in [-0.2, 0) is 17.8 Å². The first kappa shape index (κ1) is 23.9. The number of rotatable bonds is 6. The molecule has 1 saturated heterocycles. The molecule has 0 bridgehead atoms. The maximum Gasteiger partial charge on any atom is 0.276 e. The number of amides is 2. The molecule has 1 aliphatic rings. The van der Waals surface area contributed by atoms with Gasteiger partial charge in [0.05, 0.1) is 11.9 Å². The molecule has 35 heavy (non-hydrogen) atoms. The van der Waals surface area contributed by atoms with Gasteiger partial charge in [-0.25, -0.2) is 19.9 Å². The first-order valence-electron chi connectivity index (χ1n) is 11.2. The van der Waals surface area contributed by atoms with Crippen molar-refractivity contribution in [3.8, 4) is 5.75 Å². The first-order valence-corrected chi connectivity index (χ1v) is 11.2. The van der Waals surface area contributed by atoms with Crippen LogP contribution in [0.3, 0.4) is 0 Å². The number of anilines is 2. The van der Waals surface area contributed by atoms with Crippen LogP contribution in [0, 0.1) is 6.92 Å². The van der Waals surface area contributed by atoms with Gasteiger partial charge in [0.2, 0.25) is 11.3 Å². The van der Waals surface area contributed by atoms with E-state index in [1.54, 1.807) is 23.4 Å². The van der Waals surface area contributed by atoms with Gasteiger partial charge in [-0.2, -0.15) is 0 Å². The van der Waals surface area contributed by atoms with Crippen molar-refractivity contribution in [2.75, 3.05) is 43.4 Å². The zero-order valence-electron chi connectivity index (χ0n) is 19.8. The predicted molar refractivity (Wildman–Crippen MR) is 128 cm³/mol. The number of primary amides is 1. The minimum absolute atomic E-state index is 0.0513. The minimum Gasteiger partial charge on any atom is -0.504 e. The van der Waals surface area contributed by atoms with E-state index in [0.29, 0.717) is 55.5 Å². The second kappa shape index (κ2) is 9.52. The molecular formula is C22H27N9O4. The fraction of sp³-hybridized carbons (Fsp3) is 0.409. The lowest BCUT2D eigenvalue weighted by Crippen LogP contribution is -2.50. The molecule has 0 aromatic carbocycles. The van der Waals surface area contributed by atoms with Gasteiger partial charge in [-0.3, -0.25) is 14.4 Å². The number of nitrogens with two attached hydrogens (primary N) is 1. The number of carbonyl (C=O) groups excluding carboxylic acids is 2. The average Bonchev–Trinajstić information content (AvgIpc) is 2.86. The summed E-state index contributed by atoms with van der Waals surface area (Å²) in [7, 11) is 1.67. The van der Waals surface area contributed by atoms with Crippen LogP contribution in [0.15, 0.2) is 17.3 Å². The SMILES string of the molecule is CCc1c(N2CCN(C(=O)c3ncnc(C)c3O)CC2)c(=O)c2nc(NC)cnc2n1CC(N)=O. The summed E-state index contributed by atoms with van der Waals surface area (Å²) < 4.78 is 1.64. The molecule has 0 radical (unpaired) electrons. The van der Waals surface area contributed by atoms with Crippen molar-refractivity contribution >= 4 is 34.5 Å². The topological polar surface area (TPSA) is 172 Å². The van der Waals surface area contributed by atoms with Gasteiger partial charge in [0, 0.05) is 38.9 Å². The molecule has 0 saturated carbocycles. The van der Waals surface area contributed by atoms with Crippen molar-refractivity contribution in [1.82, 2.24) is 29.4 Å². The summed E-state index contributed by atoms with van der Waals surface area (Å²) in [6, 6.07) is 0. The third kappa shape index (κ3) is 4.32. The van der Waals surface area contributed by atoms with Gasteiger partial charge in [-0.1, -0.05) is 6.92 Å². The number of aryl methyl sites for hydroxylation is 1. The highest BCUT2D eigenvalue weighted by molar-refractivity contribution is 5.95. The Balaban J connectivity index is 1.71. The van der Waals surface area contributed by atoms with E-state index in [-0.39, 0.29) is 34.6 Å². The van der Waals surface area contributed by atoms with Crippen LogP contribution in [0.1, 0.15) is 28.8 Å². The molecule has 1 aliphatic heterocycles. The molecule has 184 valence electrons. The molecular weight excluding hydrogens is 454 g/mol. The highest BCUT2D eigenvalue weighted by Gasteiger charge is 2.29. The third-order valence-corrected chi connectivity index (χ3v) is 6.03. The fourth-order valence-corrected chi connectivity index (χ4v) is 4.27. The predicted octanol–water partition coefficient (Wildman–Crippen LogP) is -0.353. The number of nitrogens with one attached hydrogen (secondary N) is 1. The number of carbonyl (C=O) groups is 2. The lowest BCUT2D eigenvalue weighted by molar-refractivity contribution is -0.118. The summed E-state index contributed by atoms with van der Waals surface area (Å²) in [6.45, 7) is 4.67. The van der Waals surface area contributed by atoms with Crippen LogP contribution in [-0.4, -0.2) is 79.6 Å². The summed E-state index contributed by atoms with van der Waals surface area (Å²) in [5.41, 5.74) is 6.93. The maximum absolute atomic E-state index is 13.6. The Hall–Kier alpha value is -4.29. The van der Waals surface area contributed by atoms with Gasteiger partial charge >= 0.3 is 0 Å². The second-order valence-electron chi connectivity index (χ2n) is 8.14. The number of fused-ring (bicyclic) bond motifs is 1. The lowest BCUT2D eigenvalue weighted by Gasteiger charge is -2.37. The van der Waals surface area contributed by atoms with E-state index >= 15 is 0 Å². The summed E-state index contributed by atoms with van der Waals surface area (Å²) in [5.74, 6) is -0.787. The zero-order chi connectivity index (χ0) is 25.3. The second-order valence-corrected chi connectivity index (χ2v) is 8.14. The van der Waals surface area contributed by atoms with Crippen molar-refractivity contribution in [3.05, 3.63) is 39.8 Å². The van der Waals surface area contributed by atoms with E-state index in [0.717, 1.165) is 0 Å². The number of nitrogens with zero attached hydrogens (tertiary/aromatic N) is 7. The summed E-state index contributed by atoms with van der Waals surface area (Å²) in [5, 5.41) is 13.1. The number of piperazine rings is 1. The molecule has 4 N–H and O–H groups in total. The lowest BCUT2D eigenvalue weighted by atomic mass is 10.1. The summed E-state index contributed by atoms with van der Waals surface area (Å²) in [6.07, 6.45) is 3.19. The Bertz CT molecular complexity index is 1360. The Morgan fingerprint density at radius 3 is 2.51 bits per heavy atom. The Kier molecular flexibility index (Phi) is 6.49. The van der Waals surface area contributed by atoms with Crippen LogP contribution in [0.25, 0.3) is 11.2 Å². The molecule has 3 aromatic rings. The van der Waals surface area contributed by atoms with E-state index in [9.17, 15) is 19.5 Å². The van der Waals surface area contributed by atoms with E-state index in [1.165, 1.54) is 12.5 Å². The number of aromatic nitrogens is 5. The monoisotopic (exact) mass is 481 g/mol. The van der Waals surface area contributed by atoms with Crippen molar-refractivity contribution in [2.45, 2.75) is 26.8 Å². The third-order valence-electron chi connectivity index (χ3n) is 6.03. The first-order chi connectivity index (χ1) is 16.8. The molecule has 0 spiro atoms. The van der Waals surface area contributed by atoms with Crippen molar-refractivity contribution in [3.63, 3.8) is 0 Å². The van der Waals surface area contributed by atoms with Gasteiger partial charge in [0.15, 0.2) is 22.6 Å². The highest BCUT2D eigenvalue weighted by Crippen LogP contribution is 2.25. The minimum atomic E-state index is -0.564. The average molecular weight is 482 g/mol. The largest absolute Gasteiger partial charge is 0.504 e. The molecule has 13 nitrogen and oxygen atoms in total. The Morgan fingerprint density at radius 1 is 1.17 bits per heavy atom. The molecule has 13 heteroatoms. The molecule has 2 amide bonds. The standard InChI is InChI=1S/C22H27N9O4/c1-4-13-18(20(34)16-21(31(13)10-14(23)32)25-9-15(24-3)28-16)29-5-7-30(8-6-29)22(35)17-19(33)12(2)26-11-27-17/h9,11,33H,4-8,10H2,1-3H3,(H2,23,32)(H,24,28). The molecule has 4 heterocycles. The van der Waals surface area contributed by atoms with Gasteiger partial charge in [-0.15, -0.1) is 0 Å². The van der Waals surface area contributed by atoms with Crippen LogP contribution < -0.4 is 21.4 Å². The Morgan fingerprint density at radius 2 is 1.89 bits per heavy atom. The normalized spacial score (nSPS) is 13.8. The number of hydrogen-bond donors (Lipinski definition) is 3. The Labute approximate surface area is 200 Å². The molecule has 4 rings (SSSR count). The molecule has 0 atom stereocenters. The summed E-state index contributed by atoms with van der Waals surface area (Å²) >= 11 is 0. The van der Waals surface area contributed by atoms with E-state index in [1.807, 2.05) is 11.8 Å². The van der Waals surface area contributed by atoms with Crippen LogP contribution in [0.4, 0.5) is 11.5 Å². The molecule has 0 unspecified atom stereocenters. The van der Waals surface area contributed by atoms with Crippen molar-refractivity contribution in [1.29, 1.82) is 0 Å².